The lowest BCUT2D eigenvalue weighted by molar-refractivity contribution is -0.122. The van der Waals surface area contributed by atoms with Crippen molar-refractivity contribution in [1.29, 1.82) is 5.41 Å². The Labute approximate surface area is 223 Å². The van der Waals surface area contributed by atoms with Gasteiger partial charge in [-0.1, -0.05) is 66.7 Å². The zero-order valence-electron chi connectivity index (χ0n) is 21.5. The summed E-state index contributed by atoms with van der Waals surface area (Å²) in [7, 11) is 1.58. The summed E-state index contributed by atoms with van der Waals surface area (Å²) in [4.78, 5) is 13.6. The van der Waals surface area contributed by atoms with Gasteiger partial charge in [-0.2, -0.15) is 0 Å². The molecule has 5 N–H and O–H groups in total. The van der Waals surface area contributed by atoms with Gasteiger partial charge in [-0.15, -0.1) is 0 Å². The molecule has 0 aliphatic rings. The number of carbonyl (C=O) groups excluding carboxylic acids is 1. The van der Waals surface area contributed by atoms with Crippen molar-refractivity contribution < 1.29 is 14.3 Å². The van der Waals surface area contributed by atoms with E-state index in [0.29, 0.717) is 34.9 Å². The minimum atomic E-state index is -0.721. The van der Waals surface area contributed by atoms with Crippen molar-refractivity contribution >= 4 is 17.4 Å². The van der Waals surface area contributed by atoms with E-state index in [1.807, 2.05) is 85.8 Å². The van der Waals surface area contributed by atoms with Crippen LogP contribution in [0.5, 0.6) is 11.5 Å². The number of carbonyl (C=O) groups is 1. The minimum absolute atomic E-state index is 0.0154. The fraction of sp³-hybridized carbons (Fsp3) is 0.161. The van der Waals surface area contributed by atoms with Gasteiger partial charge in [0.1, 0.15) is 18.5 Å². The fourth-order valence-electron chi connectivity index (χ4n) is 4.05. The van der Waals surface area contributed by atoms with Crippen molar-refractivity contribution in [2.75, 3.05) is 12.4 Å². The molecule has 0 aliphatic carbocycles. The predicted octanol–water partition coefficient (Wildman–Crippen LogP) is 5.59. The van der Waals surface area contributed by atoms with E-state index in [1.165, 1.54) is 0 Å². The number of nitrogen functional groups attached to an aromatic ring is 1. The topological polar surface area (TPSA) is 109 Å². The van der Waals surface area contributed by atoms with Gasteiger partial charge in [-0.3, -0.25) is 10.2 Å². The van der Waals surface area contributed by atoms with E-state index in [0.717, 1.165) is 11.1 Å². The van der Waals surface area contributed by atoms with Gasteiger partial charge in [0.05, 0.1) is 13.2 Å². The molecule has 0 fully saturated rings. The van der Waals surface area contributed by atoms with Gasteiger partial charge >= 0.3 is 0 Å². The van der Waals surface area contributed by atoms with E-state index in [1.54, 1.807) is 31.4 Å². The van der Waals surface area contributed by atoms with E-state index >= 15 is 0 Å². The summed E-state index contributed by atoms with van der Waals surface area (Å²) >= 11 is 0. The summed E-state index contributed by atoms with van der Waals surface area (Å²) < 4.78 is 11.6. The van der Waals surface area contributed by atoms with Crippen LogP contribution in [0.3, 0.4) is 0 Å². The van der Waals surface area contributed by atoms with E-state index in [-0.39, 0.29) is 17.8 Å². The summed E-state index contributed by atoms with van der Waals surface area (Å²) in [5.41, 5.74) is 9.68. The molecule has 38 heavy (non-hydrogen) atoms. The molecule has 4 rings (SSSR count). The van der Waals surface area contributed by atoms with Gasteiger partial charge < -0.3 is 25.8 Å². The lowest BCUT2D eigenvalue weighted by Crippen LogP contribution is -2.35. The van der Waals surface area contributed by atoms with Crippen LogP contribution >= 0.6 is 0 Å². The van der Waals surface area contributed by atoms with Crippen LogP contribution < -0.4 is 25.8 Å². The first kappa shape index (κ1) is 26.3. The third kappa shape index (κ3) is 6.70. The van der Waals surface area contributed by atoms with Gasteiger partial charge in [-0.05, 0) is 60.0 Å². The van der Waals surface area contributed by atoms with Crippen LogP contribution in [-0.4, -0.2) is 18.9 Å². The Bertz CT molecular complexity index is 1360. The lowest BCUT2D eigenvalue weighted by Gasteiger charge is -2.24. The number of nitrogens with two attached hydrogens (primary N) is 1. The zero-order chi connectivity index (χ0) is 26.9. The summed E-state index contributed by atoms with van der Waals surface area (Å²) in [5.74, 6) is 0.902. The number of anilines is 1. The third-order valence-electron chi connectivity index (χ3n) is 6.19. The smallest absolute Gasteiger partial charge is 0.247 e. The Morgan fingerprint density at radius 2 is 1.53 bits per heavy atom. The minimum Gasteiger partial charge on any atom is -0.493 e. The molecular formula is C31H32N4O3. The number of benzene rings is 4. The lowest BCUT2D eigenvalue weighted by atomic mass is 10.0. The van der Waals surface area contributed by atoms with E-state index in [9.17, 15) is 4.79 Å². The molecule has 7 nitrogen and oxygen atoms in total. The van der Waals surface area contributed by atoms with E-state index < -0.39 is 6.04 Å². The van der Waals surface area contributed by atoms with Crippen molar-refractivity contribution in [1.82, 2.24) is 5.32 Å². The molecule has 0 aliphatic heterocycles. The summed E-state index contributed by atoms with van der Waals surface area (Å²) in [6.07, 6.45) is 0. The molecule has 0 spiro atoms. The van der Waals surface area contributed by atoms with Crippen LogP contribution in [0.2, 0.25) is 0 Å². The van der Waals surface area contributed by atoms with Gasteiger partial charge in [0.25, 0.3) is 0 Å². The molecule has 2 atom stereocenters. The monoisotopic (exact) mass is 508 g/mol. The first-order valence-corrected chi connectivity index (χ1v) is 12.4. The second kappa shape index (κ2) is 12.5. The first-order valence-electron chi connectivity index (χ1n) is 12.4. The van der Waals surface area contributed by atoms with E-state index in [2.05, 4.69) is 10.6 Å². The molecule has 0 heterocycles. The SMILES string of the molecule is COc1cc([C@H](Nc2ccc(C(=N)N)cc2)C(=O)N[C@H](C)c2ccccc2)ccc1OCc1ccccc1. The number of ether oxygens (including phenoxy) is 2. The van der Waals surface area contributed by atoms with Crippen LogP contribution in [0.25, 0.3) is 0 Å². The van der Waals surface area contributed by atoms with E-state index in [4.69, 9.17) is 20.6 Å². The quantitative estimate of drug-likeness (QED) is 0.156. The Morgan fingerprint density at radius 3 is 2.16 bits per heavy atom. The van der Waals surface area contributed by atoms with Crippen molar-refractivity contribution in [2.45, 2.75) is 25.6 Å². The maximum absolute atomic E-state index is 13.6. The summed E-state index contributed by atoms with van der Waals surface area (Å²) in [6.45, 7) is 2.35. The van der Waals surface area contributed by atoms with Crippen molar-refractivity contribution in [3.63, 3.8) is 0 Å². The highest BCUT2D eigenvalue weighted by Crippen LogP contribution is 2.33. The van der Waals surface area contributed by atoms with Crippen molar-refractivity contribution in [2.24, 2.45) is 5.73 Å². The molecule has 0 unspecified atom stereocenters. The number of hydrogen-bond acceptors (Lipinski definition) is 5. The maximum Gasteiger partial charge on any atom is 0.247 e. The van der Waals surface area contributed by atoms with Crippen molar-refractivity contribution in [3.8, 4) is 11.5 Å². The molecule has 0 aromatic heterocycles. The Kier molecular flexibility index (Phi) is 8.61. The second-order valence-corrected chi connectivity index (χ2v) is 8.89. The Balaban J connectivity index is 1.60. The van der Waals surface area contributed by atoms with Gasteiger partial charge in [0.15, 0.2) is 11.5 Å². The molecule has 0 saturated heterocycles. The number of rotatable bonds is 11. The number of amides is 1. The van der Waals surface area contributed by atoms with Gasteiger partial charge in [0, 0.05) is 11.3 Å². The average Bonchev–Trinajstić information content (AvgIpc) is 2.96. The van der Waals surface area contributed by atoms with Crippen LogP contribution in [0.4, 0.5) is 5.69 Å². The normalized spacial score (nSPS) is 12.2. The zero-order valence-corrected chi connectivity index (χ0v) is 21.5. The fourth-order valence-corrected chi connectivity index (χ4v) is 4.05. The average molecular weight is 509 g/mol. The highest BCUT2D eigenvalue weighted by atomic mass is 16.5. The van der Waals surface area contributed by atoms with Gasteiger partial charge in [-0.25, -0.2) is 0 Å². The van der Waals surface area contributed by atoms with Crippen LogP contribution in [0.1, 0.15) is 41.3 Å². The first-order chi connectivity index (χ1) is 18.4. The predicted molar refractivity (Wildman–Crippen MR) is 151 cm³/mol. The highest BCUT2D eigenvalue weighted by Gasteiger charge is 2.24. The number of amidine groups is 1. The Morgan fingerprint density at radius 1 is 0.868 bits per heavy atom. The number of methoxy groups -OCH3 is 1. The third-order valence-corrected chi connectivity index (χ3v) is 6.19. The largest absolute Gasteiger partial charge is 0.493 e. The van der Waals surface area contributed by atoms with Crippen molar-refractivity contribution in [3.05, 3.63) is 125 Å². The van der Waals surface area contributed by atoms with Gasteiger partial charge in [0.2, 0.25) is 5.91 Å². The number of hydrogen-bond donors (Lipinski definition) is 4. The maximum atomic E-state index is 13.6. The molecule has 0 radical (unpaired) electrons. The molecule has 194 valence electrons. The Hall–Kier alpha value is -4.78. The molecule has 7 heteroatoms. The molecular weight excluding hydrogens is 476 g/mol. The molecule has 1 amide bonds. The summed E-state index contributed by atoms with van der Waals surface area (Å²) in [5, 5.41) is 14.1. The standard InChI is InChI=1S/C31H32N4O3/c1-21(23-11-7-4-8-12-23)34-31(36)29(35-26-16-13-24(14-17-26)30(32)33)25-15-18-27(28(19-25)37-2)38-20-22-9-5-3-6-10-22/h3-19,21,29,35H,20H2,1-2H3,(H3,32,33)(H,34,36)/t21-,29+/m1/s1. The molecule has 4 aromatic rings. The van der Waals surface area contributed by atoms with Crippen LogP contribution in [-0.2, 0) is 11.4 Å². The number of nitrogens with one attached hydrogen (secondary N) is 3. The molecule has 4 aromatic carbocycles. The second-order valence-electron chi connectivity index (χ2n) is 8.89. The van der Waals surface area contributed by atoms with Crippen LogP contribution in [0.15, 0.2) is 103 Å². The summed E-state index contributed by atoms with van der Waals surface area (Å²) in [6, 6.07) is 31.4. The molecule has 0 saturated carbocycles. The van der Waals surface area contributed by atoms with Crippen LogP contribution in [0, 0.1) is 5.41 Å². The highest BCUT2D eigenvalue weighted by molar-refractivity contribution is 5.95. The molecule has 0 bridgehead atoms.